The molecule has 0 spiro atoms. The molecule has 1 fully saturated rings. The number of fused-ring (bicyclic) bond motifs is 1. The smallest absolute Gasteiger partial charge is 0.275 e. The minimum absolute atomic E-state index is 0.149. The lowest BCUT2D eigenvalue weighted by Gasteiger charge is -2.31. The van der Waals surface area contributed by atoms with E-state index in [1.807, 2.05) is 35.4 Å². The van der Waals surface area contributed by atoms with Crippen molar-refractivity contribution in [2.75, 3.05) is 25.5 Å². The van der Waals surface area contributed by atoms with E-state index in [0.717, 1.165) is 34.3 Å². The van der Waals surface area contributed by atoms with Crippen molar-refractivity contribution >= 4 is 39.7 Å². The second-order valence-corrected chi connectivity index (χ2v) is 9.20. The number of pyridine rings is 1. The SMILES string of the molecule is COc1ccc(NC(=O)c2csc(C3CCN(C(=O)Cc4c[nH]c5ccccc45)CC3)n2)cn1. The minimum Gasteiger partial charge on any atom is -0.481 e. The van der Waals surface area contributed by atoms with Gasteiger partial charge >= 0.3 is 0 Å². The number of nitrogens with one attached hydrogen (secondary N) is 2. The van der Waals surface area contributed by atoms with Gasteiger partial charge in [0, 0.05) is 47.6 Å². The Labute approximate surface area is 201 Å². The van der Waals surface area contributed by atoms with E-state index in [1.165, 1.54) is 11.3 Å². The summed E-state index contributed by atoms with van der Waals surface area (Å²) >= 11 is 1.50. The van der Waals surface area contributed by atoms with Gasteiger partial charge in [0.15, 0.2) is 0 Å². The Bertz CT molecular complexity index is 1310. The highest BCUT2D eigenvalue weighted by molar-refractivity contribution is 7.10. The van der Waals surface area contributed by atoms with E-state index in [0.29, 0.717) is 36.8 Å². The molecule has 2 N–H and O–H groups in total. The van der Waals surface area contributed by atoms with Crippen LogP contribution in [0.25, 0.3) is 10.9 Å². The van der Waals surface area contributed by atoms with Crippen molar-refractivity contribution in [3.05, 3.63) is 70.4 Å². The molecule has 1 aliphatic rings. The first-order chi connectivity index (χ1) is 16.6. The molecule has 5 rings (SSSR count). The molecule has 9 heteroatoms. The fraction of sp³-hybridized carbons (Fsp3) is 0.280. The Morgan fingerprint density at radius 2 is 2.03 bits per heavy atom. The Balaban J connectivity index is 1.16. The van der Waals surface area contributed by atoms with Gasteiger partial charge in [-0.3, -0.25) is 9.59 Å². The predicted molar refractivity (Wildman–Crippen MR) is 131 cm³/mol. The van der Waals surface area contributed by atoms with Crippen LogP contribution in [0.4, 0.5) is 5.69 Å². The first-order valence-corrected chi connectivity index (χ1v) is 12.1. The summed E-state index contributed by atoms with van der Waals surface area (Å²) in [5.74, 6) is 0.628. The van der Waals surface area contributed by atoms with Gasteiger partial charge in [-0.1, -0.05) is 18.2 Å². The van der Waals surface area contributed by atoms with Gasteiger partial charge in [-0.25, -0.2) is 9.97 Å². The number of benzene rings is 1. The number of hydrogen-bond acceptors (Lipinski definition) is 6. The highest BCUT2D eigenvalue weighted by Crippen LogP contribution is 2.31. The molecule has 1 aliphatic heterocycles. The number of piperidine rings is 1. The summed E-state index contributed by atoms with van der Waals surface area (Å²) in [6.07, 6.45) is 5.57. The van der Waals surface area contributed by atoms with Crippen molar-refractivity contribution < 1.29 is 14.3 Å². The topological polar surface area (TPSA) is 100 Å². The molecule has 0 unspecified atom stereocenters. The zero-order valence-corrected chi connectivity index (χ0v) is 19.6. The Morgan fingerprint density at radius 1 is 1.21 bits per heavy atom. The summed E-state index contributed by atoms with van der Waals surface area (Å²) in [4.78, 5) is 39.3. The molecule has 0 saturated carbocycles. The van der Waals surface area contributed by atoms with Gasteiger partial charge in [-0.05, 0) is 30.5 Å². The van der Waals surface area contributed by atoms with Crippen molar-refractivity contribution in [3.63, 3.8) is 0 Å². The van der Waals surface area contributed by atoms with E-state index in [4.69, 9.17) is 4.74 Å². The van der Waals surface area contributed by atoms with Gasteiger partial charge in [0.25, 0.3) is 5.91 Å². The zero-order chi connectivity index (χ0) is 23.5. The third-order valence-electron chi connectivity index (χ3n) is 6.17. The Morgan fingerprint density at radius 3 is 2.79 bits per heavy atom. The maximum atomic E-state index is 12.9. The van der Waals surface area contributed by atoms with Gasteiger partial charge in [-0.2, -0.15) is 0 Å². The van der Waals surface area contributed by atoms with Crippen LogP contribution in [-0.2, 0) is 11.2 Å². The van der Waals surface area contributed by atoms with Crippen molar-refractivity contribution in [3.8, 4) is 5.88 Å². The molecule has 34 heavy (non-hydrogen) atoms. The van der Waals surface area contributed by atoms with Crippen LogP contribution in [0, 0.1) is 0 Å². The molecule has 1 aromatic carbocycles. The number of carbonyl (C=O) groups excluding carboxylic acids is 2. The van der Waals surface area contributed by atoms with Crippen LogP contribution < -0.4 is 10.1 Å². The van der Waals surface area contributed by atoms with Crippen LogP contribution in [0.3, 0.4) is 0 Å². The maximum Gasteiger partial charge on any atom is 0.275 e. The van der Waals surface area contributed by atoms with E-state index in [-0.39, 0.29) is 17.7 Å². The molecule has 174 valence electrons. The molecule has 2 amide bonds. The number of methoxy groups -OCH3 is 1. The molecule has 4 heterocycles. The molecular weight excluding hydrogens is 450 g/mol. The third-order valence-corrected chi connectivity index (χ3v) is 7.18. The van der Waals surface area contributed by atoms with Gasteiger partial charge in [0.2, 0.25) is 11.8 Å². The number of aromatic amines is 1. The van der Waals surface area contributed by atoms with E-state index >= 15 is 0 Å². The number of rotatable bonds is 6. The van der Waals surface area contributed by atoms with Gasteiger partial charge < -0.3 is 19.9 Å². The zero-order valence-electron chi connectivity index (χ0n) is 18.8. The maximum absolute atomic E-state index is 12.9. The van der Waals surface area contributed by atoms with Crippen LogP contribution in [-0.4, -0.2) is 51.9 Å². The number of hydrogen-bond donors (Lipinski definition) is 2. The van der Waals surface area contributed by atoms with Gasteiger partial charge in [0.05, 0.1) is 30.4 Å². The Kier molecular flexibility index (Phi) is 6.27. The third kappa shape index (κ3) is 4.65. The summed E-state index contributed by atoms with van der Waals surface area (Å²) < 4.78 is 5.03. The molecule has 3 aromatic heterocycles. The summed E-state index contributed by atoms with van der Waals surface area (Å²) in [5, 5.41) is 6.65. The summed E-state index contributed by atoms with van der Waals surface area (Å²) in [6, 6.07) is 11.5. The van der Waals surface area contributed by atoms with Crippen LogP contribution in [0.1, 0.15) is 39.8 Å². The molecule has 4 aromatic rings. The van der Waals surface area contributed by atoms with Gasteiger partial charge in [0.1, 0.15) is 5.69 Å². The standard InChI is InChI=1S/C25H25N5O3S/c1-33-22-7-6-18(14-27-22)28-24(32)21-15-34-25(29-21)16-8-10-30(11-9-16)23(31)12-17-13-26-20-5-3-2-4-19(17)20/h2-7,13-16,26H,8-12H2,1H3,(H,28,32). The average Bonchev–Trinajstić information content (AvgIpc) is 3.53. The Hall–Kier alpha value is -3.72. The average molecular weight is 476 g/mol. The van der Waals surface area contributed by atoms with E-state index < -0.39 is 0 Å². The molecule has 8 nitrogen and oxygen atoms in total. The van der Waals surface area contributed by atoms with Crippen LogP contribution in [0.2, 0.25) is 0 Å². The lowest BCUT2D eigenvalue weighted by atomic mass is 9.97. The van der Waals surface area contributed by atoms with Crippen LogP contribution >= 0.6 is 11.3 Å². The number of carbonyl (C=O) groups is 2. The van der Waals surface area contributed by atoms with Crippen molar-refractivity contribution in [1.29, 1.82) is 0 Å². The van der Waals surface area contributed by atoms with Crippen molar-refractivity contribution in [2.45, 2.75) is 25.2 Å². The quantitative estimate of drug-likeness (QED) is 0.435. The number of para-hydroxylation sites is 1. The van der Waals surface area contributed by atoms with Crippen LogP contribution in [0.15, 0.2) is 54.2 Å². The molecular formula is C25H25N5O3S. The fourth-order valence-electron chi connectivity index (χ4n) is 4.28. The lowest BCUT2D eigenvalue weighted by molar-refractivity contribution is -0.131. The van der Waals surface area contributed by atoms with Crippen LogP contribution in [0.5, 0.6) is 5.88 Å². The highest BCUT2D eigenvalue weighted by atomic mass is 32.1. The van der Waals surface area contributed by atoms with Crippen molar-refractivity contribution in [2.24, 2.45) is 0 Å². The predicted octanol–water partition coefficient (Wildman–Crippen LogP) is 4.23. The van der Waals surface area contributed by atoms with E-state index in [2.05, 4.69) is 20.3 Å². The number of aromatic nitrogens is 3. The number of amides is 2. The second kappa shape index (κ2) is 9.64. The number of likely N-dealkylation sites (tertiary alicyclic amines) is 1. The molecule has 0 bridgehead atoms. The van der Waals surface area contributed by atoms with Crippen molar-refractivity contribution in [1.82, 2.24) is 19.9 Å². The number of ether oxygens (including phenoxy) is 1. The monoisotopic (exact) mass is 475 g/mol. The van der Waals surface area contributed by atoms with E-state index in [1.54, 1.807) is 30.8 Å². The molecule has 0 radical (unpaired) electrons. The first-order valence-electron chi connectivity index (χ1n) is 11.2. The minimum atomic E-state index is -0.263. The lowest BCUT2D eigenvalue weighted by Crippen LogP contribution is -2.38. The fourth-order valence-corrected chi connectivity index (χ4v) is 5.25. The summed E-state index contributed by atoms with van der Waals surface area (Å²) in [6.45, 7) is 1.40. The summed E-state index contributed by atoms with van der Waals surface area (Å²) in [7, 11) is 1.54. The summed E-state index contributed by atoms with van der Waals surface area (Å²) in [5.41, 5.74) is 3.07. The number of nitrogens with zero attached hydrogens (tertiary/aromatic N) is 3. The molecule has 0 aliphatic carbocycles. The number of H-pyrrole nitrogens is 1. The molecule has 1 saturated heterocycles. The molecule has 0 atom stereocenters. The number of anilines is 1. The first kappa shape index (κ1) is 22.1. The number of thiazole rings is 1. The van der Waals surface area contributed by atoms with Gasteiger partial charge in [-0.15, -0.1) is 11.3 Å². The second-order valence-electron chi connectivity index (χ2n) is 8.31. The normalized spacial score (nSPS) is 14.3. The highest BCUT2D eigenvalue weighted by Gasteiger charge is 2.26. The van der Waals surface area contributed by atoms with E-state index in [9.17, 15) is 9.59 Å². The largest absolute Gasteiger partial charge is 0.481 e.